The lowest BCUT2D eigenvalue weighted by Gasteiger charge is -2.08. The number of carbonyl (C=O) groups is 1. The highest BCUT2D eigenvalue weighted by molar-refractivity contribution is 5.77. The van der Waals surface area contributed by atoms with Crippen molar-refractivity contribution in [2.75, 3.05) is 19.7 Å². The molecule has 1 aromatic carbocycles. The highest BCUT2D eigenvalue weighted by Crippen LogP contribution is 2.25. The molecule has 4 nitrogen and oxygen atoms in total. The van der Waals surface area contributed by atoms with Gasteiger partial charge in [0.25, 0.3) is 5.91 Å². The topological polar surface area (TPSA) is 64.3 Å². The van der Waals surface area contributed by atoms with E-state index < -0.39 is 0 Å². The van der Waals surface area contributed by atoms with E-state index in [1.807, 2.05) is 12.1 Å². The first-order valence-electron chi connectivity index (χ1n) is 6.01. The van der Waals surface area contributed by atoms with Crippen molar-refractivity contribution in [2.45, 2.75) is 19.3 Å². The van der Waals surface area contributed by atoms with E-state index in [0.717, 1.165) is 18.6 Å². The molecular formula is C13H18N2O2. The summed E-state index contributed by atoms with van der Waals surface area (Å²) in [5.41, 5.74) is 8.05. The quantitative estimate of drug-likeness (QED) is 0.785. The minimum atomic E-state index is -0.129. The SMILES string of the molecule is NCCNC(=O)COc1ccc2c(c1)CCC2. The van der Waals surface area contributed by atoms with Gasteiger partial charge in [0.2, 0.25) is 0 Å². The number of hydrogen-bond acceptors (Lipinski definition) is 3. The summed E-state index contributed by atoms with van der Waals surface area (Å²) in [6, 6.07) is 6.06. The van der Waals surface area contributed by atoms with Crippen LogP contribution in [0.4, 0.5) is 0 Å². The van der Waals surface area contributed by atoms with Crippen molar-refractivity contribution in [2.24, 2.45) is 5.73 Å². The standard InChI is InChI=1S/C13H18N2O2/c14-6-7-15-13(16)9-17-12-5-4-10-2-1-3-11(10)8-12/h4-5,8H,1-3,6-7,9,14H2,(H,15,16). The average molecular weight is 234 g/mol. The molecule has 17 heavy (non-hydrogen) atoms. The predicted octanol–water partition coefficient (Wildman–Crippen LogP) is 0.629. The van der Waals surface area contributed by atoms with Crippen LogP contribution in [-0.4, -0.2) is 25.6 Å². The molecule has 1 aliphatic carbocycles. The zero-order valence-corrected chi connectivity index (χ0v) is 9.87. The van der Waals surface area contributed by atoms with E-state index in [-0.39, 0.29) is 12.5 Å². The van der Waals surface area contributed by atoms with E-state index in [0.29, 0.717) is 13.1 Å². The second-order valence-corrected chi connectivity index (χ2v) is 4.21. The maximum absolute atomic E-state index is 11.3. The van der Waals surface area contributed by atoms with Crippen LogP contribution < -0.4 is 15.8 Å². The van der Waals surface area contributed by atoms with Gasteiger partial charge in [-0.2, -0.15) is 0 Å². The van der Waals surface area contributed by atoms with Crippen LogP contribution in [0, 0.1) is 0 Å². The largest absolute Gasteiger partial charge is 0.484 e. The lowest BCUT2D eigenvalue weighted by molar-refractivity contribution is -0.123. The lowest BCUT2D eigenvalue weighted by Crippen LogP contribution is -2.32. The molecule has 0 aromatic heterocycles. The lowest BCUT2D eigenvalue weighted by atomic mass is 10.1. The number of aryl methyl sites for hydroxylation is 2. The van der Waals surface area contributed by atoms with E-state index >= 15 is 0 Å². The highest BCUT2D eigenvalue weighted by Gasteiger charge is 2.11. The number of carbonyl (C=O) groups excluding carboxylic acids is 1. The summed E-state index contributed by atoms with van der Waals surface area (Å²) in [4.78, 5) is 11.3. The summed E-state index contributed by atoms with van der Waals surface area (Å²) in [6.07, 6.45) is 3.49. The number of rotatable bonds is 5. The first-order chi connectivity index (χ1) is 8.29. The van der Waals surface area contributed by atoms with Gasteiger partial charge in [0.05, 0.1) is 0 Å². The third-order valence-corrected chi connectivity index (χ3v) is 2.91. The maximum Gasteiger partial charge on any atom is 0.257 e. The molecule has 0 atom stereocenters. The van der Waals surface area contributed by atoms with Crippen LogP contribution >= 0.6 is 0 Å². The van der Waals surface area contributed by atoms with Gasteiger partial charge in [-0.25, -0.2) is 0 Å². The molecule has 0 saturated carbocycles. The molecule has 3 N–H and O–H groups in total. The van der Waals surface area contributed by atoms with Gasteiger partial charge in [-0.05, 0) is 42.5 Å². The summed E-state index contributed by atoms with van der Waals surface area (Å²) < 4.78 is 5.44. The van der Waals surface area contributed by atoms with Crippen molar-refractivity contribution in [1.29, 1.82) is 0 Å². The monoisotopic (exact) mass is 234 g/mol. The first kappa shape index (κ1) is 11.9. The zero-order valence-electron chi connectivity index (χ0n) is 9.87. The molecule has 1 aromatic rings. The Labute approximate surface area is 101 Å². The summed E-state index contributed by atoms with van der Waals surface area (Å²) >= 11 is 0. The number of fused-ring (bicyclic) bond motifs is 1. The fourth-order valence-electron chi connectivity index (χ4n) is 2.05. The van der Waals surface area contributed by atoms with Crippen LogP contribution in [0.3, 0.4) is 0 Å². The fraction of sp³-hybridized carbons (Fsp3) is 0.462. The Bertz CT molecular complexity index is 404. The van der Waals surface area contributed by atoms with Gasteiger partial charge >= 0.3 is 0 Å². The molecule has 0 saturated heterocycles. The Morgan fingerprint density at radius 1 is 1.35 bits per heavy atom. The number of ether oxygens (including phenoxy) is 1. The van der Waals surface area contributed by atoms with Crippen molar-refractivity contribution >= 4 is 5.91 Å². The first-order valence-corrected chi connectivity index (χ1v) is 6.01. The molecule has 2 rings (SSSR count). The van der Waals surface area contributed by atoms with Crippen molar-refractivity contribution in [1.82, 2.24) is 5.32 Å². The maximum atomic E-state index is 11.3. The molecule has 0 unspecified atom stereocenters. The van der Waals surface area contributed by atoms with Crippen LogP contribution in [0.5, 0.6) is 5.75 Å². The average Bonchev–Trinajstić information content (AvgIpc) is 2.81. The smallest absolute Gasteiger partial charge is 0.257 e. The van der Waals surface area contributed by atoms with Gasteiger partial charge in [0.15, 0.2) is 6.61 Å². The third kappa shape index (κ3) is 3.20. The third-order valence-electron chi connectivity index (χ3n) is 2.91. The minimum absolute atomic E-state index is 0.0544. The number of benzene rings is 1. The van der Waals surface area contributed by atoms with E-state index in [9.17, 15) is 4.79 Å². The van der Waals surface area contributed by atoms with Gasteiger partial charge in [0, 0.05) is 13.1 Å². The molecule has 1 amide bonds. The van der Waals surface area contributed by atoms with Crippen LogP contribution in [0.15, 0.2) is 18.2 Å². The predicted molar refractivity (Wildman–Crippen MR) is 66.0 cm³/mol. The Morgan fingerprint density at radius 3 is 3.00 bits per heavy atom. The van der Waals surface area contributed by atoms with E-state index in [4.69, 9.17) is 10.5 Å². The molecule has 0 spiro atoms. The Balaban J connectivity index is 1.85. The number of nitrogens with two attached hydrogens (primary N) is 1. The van der Waals surface area contributed by atoms with Crippen molar-refractivity contribution in [3.63, 3.8) is 0 Å². The molecule has 4 heteroatoms. The number of amides is 1. The Kier molecular flexibility index (Phi) is 3.98. The molecule has 0 aliphatic heterocycles. The van der Waals surface area contributed by atoms with Gasteiger partial charge in [-0.3, -0.25) is 4.79 Å². The Hall–Kier alpha value is -1.55. The van der Waals surface area contributed by atoms with E-state index in [1.165, 1.54) is 17.5 Å². The number of hydrogen-bond donors (Lipinski definition) is 2. The Morgan fingerprint density at radius 2 is 2.18 bits per heavy atom. The zero-order chi connectivity index (χ0) is 12.1. The van der Waals surface area contributed by atoms with E-state index in [2.05, 4.69) is 11.4 Å². The summed E-state index contributed by atoms with van der Waals surface area (Å²) in [7, 11) is 0. The van der Waals surface area contributed by atoms with Gasteiger partial charge in [-0.1, -0.05) is 6.07 Å². The molecule has 0 heterocycles. The second kappa shape index (κ2) is 5.68. The van der Waals surface area contributed by atoms with Crippen LogP contribution in [0.2, 0.25) is 0 Å². The molecule has 0 radical (unpaired) electrons. The van der Waals surface area contributed by atoms with Crippen LogP contribution in [-0.2, 0) is 17.6 Å². The molecule has 0 fully saturated rings. The molecular weight excluding hydrogens is 216 g/mol. The van der Waals surface area contributed by atoms with Gasteiger partial charge in [0.1, 0.15) is 5.75 Å². The molecule has 92 valence electrons. The van der Waals surface area contributed by atoms with Gasteiger partial charge < -0.3 is 15.8 Å². The summed E-state index contributed by atoms with van der Waals surface area (Å²) in [6.45, 7) is 0.996. The van der Waals surface area contributed by atoms with E-state index in [1.54, 1.807) is 0 Å². The van der Waals surface area contributed by atoms with Crippen molar-refractivity contribution in [3.05, 3.63) is 29.3 Å². The second-order valence-electron chi connectivity index (χ2n) is 4.21. The van der Waals surface area contributed by atoms with Gasteiger partial charge in [-0.15, -0.1) is 0 Å². The van der Waals surface area contributed by atoms with Crippen LogP contribution in [0.1, 0.15) is 17.5 Å². The molecule has 0 bridgehead atoms. The van der Waals surface area contributed by atoms with Crippen LogP contribution in [0.25, 0.3) is 0 Å². The number of nitrogens with one attached hydrogen (secondary N) is 1. The normalized spacial score (nSPS) is 13.2. The highest BCUT2D eigenvalue weighted by atomic mass is 16.5. The summed E-state index contributed by atoms with van der Waals surface area (Å²) in [5, 5.41) is 2.67. The summed E-state index contributed by atoms with van der Waals surface area (Å²) in [5.74, 6) is 0.643. The van der Waals surface area contributed by atoms with Crippen molar-refractivity contribution < 1.29 is 9.53 Å². The molecule has 1 aliphatic rings. The minimum Gasteiger partial charge on any atom is -0.484 e. The van der Waals surface area contributed by atoms with Crippen molar-refractivity contribution in [3.8, 4) is 5.75 Å². The fourth-order valence-corrected chi connectivity index (χ4v) is 2.05.